The van der Waals surface area contributed by atoms with Crippen LogP contribution in [0, 0.1) is 0 Å². The Hall–Kier alpha value is -2.06. The number of aromatic amines is 1. The van der Waals surface area contributed by atoms with E-state index >= 15 is 0 Å². The fourth-order valence-corrected chi connectivity index (χ4v) is 3.61. The molecule has 4 rings (SSSR count). The third-order valence-electron chi connectivity index (χ3n) is 4.80. The summed E-state index contributed by atoms with van der Waals surface area (Å²) in [4.78, 5) is 3.34. The number of hydrogen-bond acceptors (Lipinski definition) is 1. The van der Waals surface area contributed by atoms with E-state index in [1.807, 2.05) is 6.20 Å². The van der Waals surface area contributed by atoms with Crippen LogP contribution in [-0.2, 0) is 11.8 Å². The molecule has 2 heterocycles. The molecule has 1 aliphatic rings. The second kappa shape index (κ2) is 5.05. The Labute approximate surface area is 125 Å². The molecule has 1 aliphatic heterocycles. The summed E-state index contributed by atoms with van der Waals surface area (Å²) in [5, 5.41) is 4.85. The summed E-state index contributed by atoms with van der Waals surface area (Å²) in [6, 6.07) is 19.9. The molecule has 106 valence electrons. The van der Waals surface area contributed by atoms with Gasteiger partial charge in [0.1, 0.15) is 0 Å². The molecule has 1 fully saturated rings. The van der Waals surface area contributed by atoms with Crippen molar-refractivity contribution in [1.82, 2.24) is 10.3 Å². The summed E-state index contributed by atoms with van der Waals surface area (Å²) in [7, 11) is 0. The average Bonchev–Trinajstić information content (AvgIpc) is 3.17. The molecule has 0 amide bonds. The van der Waals surface area contributed by atoms with Crippen molar-refractivity contribution in [1.29, 1.82) is 0 Å². The zero-order valence-electron chi connectivity index (χ0n) is 12.1. The standard InChI is InChI=1S/C19H20N2/c1-2-4-15(5-3-1)13-19(9-11-20-14-19)17-7-6-16-8-10-21-18(16)12-17/h1-8,10,12,20-21H,9,11,13-14H2/t19-/m0/s1. The molecule has 0 radical (unpaired) electrons. The first-order chi connectivity index (χ1) is 10.4. The molecule has 3 aromatic rings. The van der Waals surface area contributed by atoms with Gasteiger partial charge in [-0.05, 0) is 48.0 Å². The number of nitrogens with one attached hydrogen (secondary N) is 2. The lowest BCUT2D eigenvalue weighted by atomic mass is 9.75. The van der Waals surface area contributed by atoms with E-state index in [4.69, 9.17) is 0 Å². The van der Waals surface area contributed by atoms with Crippen LogP contribution in [0.25, 0.3) is 10.9 Å². The van der Waals surface area contributed by atoms with Crippen LogP contribution in [0.4, 0.5) is 0 Å². The molecule has 0 unspecified atom stereocenters. The minimum absolute atomic E-state index is 0.223. The van der Waals surface area contributed by atoms with Crippen LogP contribution in [0.1, 0.15) is 17.5 Å². The number of hydrogen-bond donors (Lipinski definition) is 2. The van der Waals surface area contributed by atoms with Crippen LogP contribution >= 0.6 is 0 Å². The predicted octanol–water partition coefficient (Wildman–Crippen LogP) is 3.64. The molecule has 1 saturated heterocycles. The van der Waals surface area contributed by atoms with Crippen LogP contribution in [-0.4, -0.2) is 18.1 Å². The topological polar surface area (TPSA) is 27.8 Å². The van der Waals surface area contributed by atoms with Crippen molar-refractivity contribution < 1.29 is 0 Å². The quantitative estimate of drug-likeness (QED) is 0.751. The number of H-pyrrole nitrogens is 1. The van der Waals surface area contributed by atoms with E-state index in [9.17, 15) is 0 Å². The van der Waals surface area contributed by atoms with Gasteiger partial charge in [0.2, 0.25) is 0 Å². The van der Waals surface area contributed by atoms with E-state index in [1.54, 1.807) is 0 Å². The monoisotopic (exact) mass is 276 g/mol. The van der Waals surface area contributed by atoms with Crippen molar-refractivity contribution in [2.45, 2.75) is 18.3 Å². The van der Waals surface area contributed by atoms with Gasteiger partial charge < -0.3 is 10.3 Å². The molecule has 2 N–H and O–H groups in total. The molecule has 0 saturated carbocycles. The lowest BCUT2D eigenvalue weighted by Gasteiger charge is -2.29. The number of benzene rings is 2. The maximum absolute atomic E-state index is 3.56. The van der Waals surface area contributed by atoms with E-state index in [0.717, 1.165) is 19.5 Å². The number of fused-ring (bicyclic) bond motifs is 1. The molecule has 2 nitrogen and oxygen atoms in total. The van der Waals surface area contributed by atoms with E-state index in [1.165, 1.54) is 28.5 Å². The van der Waals surface area contributed by atoms with E-state index in [2.05, 4.69) is 64.9 Å². The highest BCUT2D eigenvalue weighted by molar-refractivity contribution is 5.80. The van der Waals surface area contributed by atoms with E-state index in [0.29, 0.717) is 0 Å². The Morgan fingerprint density at radius 3 is 2.71 bits per heavy atom. The number of aromatic nitrogens is 1. The van der Waals surface area contributed by atoms with E-state index < -0.39 is 0 Å². The molecule has 0 spiro atoms. The first-order valence-corrected chi connectivity index (χ1v) is 7.68. The van der Waals surface area contributed by atoms with Crippen molar-refractivity contribution >= 4 is 10.9 Å². The highest BCUT2D eigenvalue weighted by Crippen LogP contribution is 2.35. The van der Waals surface area contributed by atoms with Gasteiger partial charge in [0.05, 0.1) is 0 Å². The lowest BCUT2D eigenvalue weighted by Crippen LogP contribution is -2.31. The minimum atomic E-state index is 0.223. The molecule has 1 aromatic heterocycles. The van der Waals surface area contributed by atoms with Gasteiger partial charge in [0.25, 0.3) is 0 Å². The number of rotatable bonds is 3. The third-order valence-corrected chi connectivity index (χ3v) is 4.80. The minimum Gasteiger partial charge on any atom is -0.361 e. The maximum atomic E-state index is 3.56. The van der Waals surface area contributed by atoms with Crippen LogP contribution in [0.5, 0.6) is 0 Å². The Morgan fingerprint density at radius 2 is 1.90 bits per heavy atom. The zero-order chi connectivity index (χ0) is 14.1. The first kappa shape index (κ1) is 12.7. The van der Waals surface area contributed by atoms with Gasteiger partial charge in [-0.15, -0.1) is 0 Å². The summed E-state index contributed by atoms with van der Waals surface area (Å²) >= 11 is 0. The fourth-order valence-electron chi connectivity index (χ4n) is 3.61. The Morgan fingerprint density at radius 1 is 1.00 bits per heavy atom. The molecule has 2 heteroatoms. The Kier molecular flexibility index (Phi) is 3.04. The third kappa shape index (κ3) is 2.26. The molecule has 21 heavy (non-hydrogen) atoms. The van der Waals surface area contributed by atoms with Gasteiger partial charge in [0.15, 0.2) is 0 Å². The van der Waals surface area contributed by atoms with Gasteiger partial charge in [-0.2, -0.15) is 0 Å². The lowest BCUT2D eigenvalue weighted by molar-refractivity contribution is 0.468. The second-order valence-corrected chi connectivity index (χ2v) is 6.15. The van der Waals surface area contributed by atoms with Crippen molar-refractivity contribution in [2.24, 2.45) is 0 Å². The molecule has 0 bridgehead atoms. The van der Waals surface area contributed by atoms with Crippen molar-refractivity contribution in [3.8, 4) is 0 Å². The molecule has 1 atom stereocenters. The summed E-state index contributed by atoms with van der Waals surface area (Å²) in [6.45, 7) is 2.17. The smallest absolute Gasteiger partial charge is 0.0456 e. The van der Waals surface area contributed by atoms with Gasteiger partial charge in [-0.3, -0.25) is 0 Å². The van der Waals surface area contributed by atoms with Gasteiger partial charge >= 0.3 is 0 Å². The van der Waals surface area contributed by atoms with Crippen LogP contribution in [0.15, 0.2) is 60.8 Å². The van der Waals surface area contributed by atoms with Crippen LogP contribution < -0.4 is 5.32 Å². The molecular formula is C19H20N2. The summed E-state index contributed by atoms with van der Waals surface area (Å²) in [5.41, 5.74) is 4.34. The van der Waals surface area contributed by atoms with Crippen LogP contribution in [0.3, 0.4) is 0 Å². The summed E-state index contributed by atoms with van der Waals surface area (Å²) in [6.07, 6.45) is 4.33. The van der Waals surface area contributed by atoms with Gasteiger partial charge in [-0.1, -0.05) is 42.5 Å². The van der Waals surface area contributed by atoms with Crippen molar-refractivity contribution in [2.75, 3.05) is 13.1 Å². The van der Waals surface area contributed by atoms with Gasteiger partial charge in [0, 0.05) is 23.7 Å². The van der Waals surface area contributed by atoms with Crippen molar-refractivity contribution in [3.05, 3.63) is 71.9 Å². The second-order valence-electron chi connectivity index (χ2n) is 6.15. The summed E-state index contributed by atoms with van der Waals surface area (Å²) < 4.78 is 0. The maximum Gasteiger partial charge on any atom is 0.0456 e. The normalized spacial score (nSPS) is 21.9. The zero-order valence-corrected chi connectivity index (χ0v) is 12.1. The predicted molar refractivity (Wildman–Crippen MR) is 87.6 cm³/mol. The van der Waals surface area contributed by atoms with E-state index in [-0.39, 0.29) is 5.41 Å². The fraction of sp³-hybridized carbons (Fsp3) is 0.263. The van der Waals surface area contributed by atoms with Crippen molar-refractivity contribution in [3.63, 3.8) is 0 Å². The van der Waals surface area contributed by atoms with Crippen LogP contribution in [0.2, 0.25) is 0 Å². The molecular weight excluding hydrogens is 256 g/mol. The highest BCUT2D eigenvalue weighted by Gasteiger charge is 2.35. The van der Waals surface area contributed by atoms with Gasteiger partial charge in [-0.25, -0.2) is 0 Å². The Bertz CT molecular complexity index is 736. The SMILES string of the molecule is c1ccc(C[C@@]2(c3ccc4cc[nH]c4c3)CCNC2)cc1. The average molecular weight is 276 g/mol. The Balaban J connectivity index is 1.76. The first-order valence-electron chi connectivity index (χ1n) is 7.68. The largest absolute Gasteiger partial charge is 0.361 e. The molecule has 0 aliphatic carbocycles. The molecule has 2 aromatic carbocycles. The highest BCUT2D eigenvalue weighted by atomic mass is 14.9. The summed E-state index contributed by atoms with van der Waals surface area (Å²) in [5.74, 6) is 0.